The largest absolute Gasteiger partial charge is 0.305 e. The van der Waals surface area contributed by atoms with Gasteiger partial charge in [0, 0.05) is 24.1 Å². The lowest BCUT2D eigenvalue weighted by atomic mass is 9.89. The second kappa shape index (κ2) is 7.52. The van der Waals surface area contributed by atoms with Crippen molar-refractivity contribution in [3.8, 4) is 11.1 Å². The molecule has 26 heavy (non-hydrogen) atoms. The molecule has 3 nitrogen and oxygen atoms in total. The molecule has 1 N–H and O–H groups in total. The van der Waals surface area contributed by atoms with Crippen LogP contribution in [-0.2, 0) is 6.42 Å². The van der Waals surface area contributed by atoms with Crippen LogP contribution in [0.25, 0.3) is 11.1 Å². The van der Waals surface area contributed by atoms with Gasteiger partial charge in [-0.2, -0.15) is 0 Å². The van der Waals surface area contributed by atoms with Crippen molar-refractivity contribution in [3.63, 3.8) is 0 Å². The fourth-order valence-electron chi connectivity index (χ4n) is 2.91. The van der Waals surface area contributed by atoms with Crippen molar-refractivity contribution < 1.29 is 9.47 Å². The van der Waals surface area contributed by atoms with Gasteiger partial charge in [-0.05, 0) is 28.7 Å². The second-order valence-electron chi connectivity index (χ2n) is 7.69. The highest BCUT2D eigenvalue weighted by molar-refractivity contribution is 5.98. The van der Waals surface area contributed by atoms with E-state index in [0.717, 1.165) is 17.7 Å². The number of hydrogen-bond donors (Lipinski definition) is 1. The van der Waals surface area contributed by atoms with Gasteiger partial charge in [-0.25, -0.2) is 0 Å². The summed E-state index contributed by atoms with van der Waals surface area (Å²) in [5.41, 5.74) is 7.15. The third-order valence-electron chi connectivity index (χ3n) is 4.11. The topological polar surface area (TPSA) is 33.0 Å². The molecular formula is C23H25N2O+. The Hall–Kier alpha value is -2.94. The molecule has 0 aliphatic heterocycles. The summed E-state index contributed by atoms with van der Waals surface area (Å²) in [5, 5.41) is 0. The van der Waals surface area contributed by atoms with Crippen LogP contribution in [0.15, 0.2) is 79.0 Å². The first-order valence-electron chi connectivity index (χ1n) is 8.89. The molecule has 3 aromatic rings. The normalized spacial score (nSPS) is 11.2. The zero-order valence-electron chi connectivity index (χ0n) is 15.6. The number of pyridine rings is 1. The molecule has 0 unspecified atom stereocenters. The Balaban J connectivity index is 1.94. The van der Waals surface area contributed by atoms with Crippen LogP contribution in [0.1, 0.15) is 36.8 Å². The molecule has 1 heterocycles. The number of rotatable bonds is 4. The first kappa shape index (κ1) is 17.9. The van der Waals surface area contributed by atoms with Crippen LogP contribution in [-0.4, -0.2) is 5.91 Å². The van der Waals surface area contributed by atoms with Gasteiger partial charge < -0.3 is 0 Å². The van der Waals surface area contributed by atoms with Gasteiger partial charge in [0.25, 0.3) is 0 Å². The molecule has 1 amide bonds. The zero-order valence-corrected chi connectivity index (χ0v) is 15.6. The maximum atomic E-state index is 12.6. The minimum absolute atomic E-state index is 0.106. The summed E-state index contributed by atoms with van der Waals surface area (Å²) in [5.74, 6) is -0.113. The van der Waals surface area contributed by atoms with Crippen LogP contribution in [0, 0.1) is 5.41 Å². The number of benzene rings is 2. The van der Waals surface area contributed by atoms with Gasteiger partial charge in [-0.1, -0.05) is 74.0 Å². The molecule has 132 valence electrons. The number of aromatic nitrogens is 1. The van der Waals surface area contributed by atoms with Crippen molar-refractivity contribution in [1.29, 1.82) is 0 Å². The Bertz CT molecular complexity index is 881. The minimum Gasteiger partial charge on any atom is -0.264 e. The van der Waals surface area contributed by atoms with Crippen molar-refractivity contribution in [1.82, 2.24) is 0 Å². The third kappa shape index (κ3) is 4.57. The van der Waals surface area contributed by atoms with Crippen LogP contribution >= 0.6 is 0 Å². The molecule has 0 bridgehead atoms. The number of nitrogens with zero attached hydrogens (tertiary/aromatic N) is 1. The lowest BCUT2D eigenvalue weighted by Gasteiger charge is -2.17. The van der Waals surface area contributed by atoms with Crippen molar-refractivity contribution in [2.75, 3.05) is 5.43 Å². The molecule has 3 heteroatoms. The molecule has 0 fully saturated rings. The molecule has 0 aliphatic rings. The zero-order chi connectivity index (χ0) is 18.6. The predicted octanol–water partition coefficient (Wildman–Crippen LogP) is 4.61. The summed E-state index contributed by atoms with van der Waals surface area (Å²) in [6, 6.07) is 23.8. The van der Waals surface area contributed by atoms with E-state index in [0.29, 0.717) is 5.56 Å². The molecule has 1 aromatic heterocycles. The summed E-state index contributed by atoms with van der Waals surface area (Å²) in [6.45, 7) is 6.60. The fourth-order valence-corrected chi connectivity index (χ4v) is 2.91. The van der Waals surface area contributed by atoms with E-state index in [1.807, 2.05) is 65.5 Å². The Morgan fingerprint density at radius 3 is 2.12 bits per heavy atom. The first-order chi connectivity index (χ1) is 12.4. The number of amides is 1. The third-order valence-corrected chi connectivity index (χ3v) is 4.11. The summed E-state index contributed by atoms with van der Waals surface area (Å²) in [4.78, 5) is 12.6. The molecule has 0 atom stereocenters. The van der Waals surface area contributed by atoms with E-state index >= 15 is 0 Å². The van der Waals surface area contributed by atoms with E-state index < -0.39 is 0 Å². The van der Waals surface area contributed by atoms with Gasteiger partial charge in [-0.3, -0.25) is 4.79 Å². The maximum absolute atomic E-state index is 12.6. The highest BCUT2D eigenvalue weighted by Gasteiger charge is 2.22. The lowest BCUT2D eigenvalue weighted by Crippen LogP contribution is -2.51. The average molecular weight is 345 g/mol. The van der Waals surface area contributed by atoms with Gasteiger partial charge in [0.05, 0.1) is 0 Å². The number of nitrogens with one attached hydrogen (secondary N) is 1. The first-order valence-corrected chi connectivity index (χ1v) is 8.89. The molecule has 0 radical (unpaired) electrons. The van der Waals surface area contributed by atoms with E-state index in [1.165, 1.54) is 5.56 Å². The highest BCUT2D eigenvalue weighted by atomic mass is 16.2. The highest BCUT2D eigenvalue weighted by Crippen LogP contribution is 2.23. The van der Waals surface area contributed by atoms with E-state index in [-0.39, 0.29) is 11.3 Å². The van der Waals surface area contributed by atoms with Gasteiger partial charge in [-0.15, -0.1) is 5.43 Å². The van der Waals surface area contributed by atoms with Crippen molar-refractivity contribution in [2.24, 2.45) is 5.41 Å². The Kier molecular flexibility index (Phi) is 5.17. The number of carbonyl (C=O) groups excluding carboxylic acids is 1. The standard InChI is InChI=1S/C23H24N2O/c1-23(2,3)17-21-16-20(18-10-6-4-7-11-18)14-15-25(21)24-22(26)19-12-8-5-9-13-19/h4-16H,17H2,1-3H3/p+1. The smallest absolute Gasteiger partial charge is 0.264 e. The predicted molar refractivity (Wildman–Crippen MR) is 105 cm³/mol. The molecule has 2 aromatic carbocycles. The van der Waals surface area contributed by atoms with Gasteiger partial charge in [0.1, 0.15) is 0 Å². The monoisotopic (exact) mass is 345 g/mol. The molecule has 3 rings (SSSR count). The Morgan fingerprint density at radius 2 is 1.50 bits per heavy atom. The molecule has 0 aliphatic carbocycles. The van der Waals surface area contributed by atoms with E-state index in [2.05, 4.69) is 44.4 Å². The molecule has 0 saturated heterocycles. The minimum atomic E-state index is -0.113. The second-order valence-corrected chi connectivity index (χ2v) is 7.69. The number of hydrogen-bond acceptors (Lipinski definition) is 1. The average Bonchev–Trinajstić information content (AvgIpc) is 2.63. The number of carbonyl (C=O) groups is 1. The van der Waals surface area contributed by atoms with Crippen LogP contribution in [0.5, 0.6) is 0 Å². The van der Waals surface area contributed by atoms with E-state index in [4.69, 9.17) is 0 Å². The summed E-state index contributed by atoms with van der Waals surface area (Å²) >= 11 is 0. The van der Waals surface area contributed by atoms with E-state index in [9.17, 15) is 4.79 Å². The summed E-state index contributed by atoms with van der Waals surface area (Å²) in [7, 11) is 0. The van der Waals surface area contributed by atoms with Crippen LogP contribution < -0.4 is 10.1 Å². The van der Waals surface area contributed by atoms with Crippen LogP contribution in [0.3, 0.4) is 0 Å². The van der Waals surface area contributed by atoms with Crippen LogP contribution in [0.2, 0.25) is 0 Å². The molecule has 0 spiro atoms. The van der Waals surface area contributed by atoms with Crippen molar-refractivity contribution >= 4 is 5.91 Å². The molecule has 0 saturated carbocycles. The van der Waals surface area contributed by atoms with Crippen molar-refractivity contribution in [3.05, 3.63) is 90.3 Å². The SMILES string of the molecule is CC(C)(C)Cc1cc(-c2ccccc2)cc[n+]1NC(=O)c1ccccc1. The quantitative estimate of drug-likeness (QED) is 0.688. The maximum Gasteiger partial charge on any atom is 0.305 e. The summed E-state index contributed by atoms with van der Waals surface area (Å²) in [6.07, 6.45) is 2.78. The fraction of sp³-hybridized carbons (Fsp3) is 0.217. The summed E-state index contributed by atoms with van der Waals surface area (Å²) < 4.78 is 1.84. The van der Waals surface area contributed by atoms with Crippen LogP contribution in [0.4, 0.5) is 0 Å². The van der Waals surface area contributed by atoms with Gasteiger partial charge in [0.2, 0.25) is 11.9 Å². The molecular weight excluding hydrogens is 320 g/mol. The van der Waals surface area contributed by atoms with Gasteiger partial charge in [0.15, 0.2) is 0 Å². The Labute approximate surface area is 155 Å². The Morgan fingerprint density at radius 1 is 0.885 bits per heavy atom. The lowest BCUT2D eigenvalue weighted by molar-refractivity contribution is -0.650. The van der Waals surface area contributed by atoms with Gasteiger partial charge >= 0.3 is 5.91 Å². The van der Waals surface area contributed by atoms with Crippen molar-refractivity contribution in [2.45, 2.75) is 27.2 Å². The van der Waals surface area contributed by atoms with E-state index in [1.54, 1.807) is 0 Å².